The molecule has 0 bridgehead atoms. The van der Waals surface area contributed by atoms with Gasteiger partial charge in [-0.25, -0.2) is 0 Å². The van der Waals surface area contributed by atoms with E-state index in [-0.39, 0.29) is 20.5 Å². The third kappa shape index (κ3) is 5.56. The highest BCUT2D eigenvalue weighted by molar-refractivity contribution is 14.1. The maximum Gasteiger partial charge on any atom is 0.416 e. The van der Waals surface area contributed by atoms with Crippen LogP contribution in [0.4, 0.5) is 13.2 Å². The van der Waals surface area contributed by atoms with Crippen LogP contribution >= 0.6 is 22.6 Å². The van der Waals surface area contributed by atoms with Gasteiger partial charge in [0.2, 0.25) is 0 Å². The standard InChI is InChI=1S/C35H47F3INO2Si/c1-32(2,3)43(6,7)42-25-20-33(4,5)19-24-27(25)29-28(30(40-24)21-11-8-9-12-21)31(41-34(29)18-10-13-26(34)39)22-14-16-23(17-15-22)35(36,37)38/h14-17,21,25-26,31H,8-13,18-20H2,1-7H3/t25-,26?,31+,34?/m0/s1. The Morgan fingerprint density at radius 2 is 1.63 bits per heavy atom. The van der Waals surface area contributed by atoms with Crippen LogP contribution in [0.25, 0.3) is 0 Å². The maximum atomic E-state index is 13.6. The van der Waals surface area contributed by atoms with Crippen LogP contribution in [0.15, 0.2) is 24.3 Å². The molecule has 4 aliphatic rings. The zero-order valence-corrected chi connectivity index (χ0v) is 29.9. The van der Waals surface area contributed by atoms with E-state index in [1.54, 1.807) is 12.1 Å². The molecule has 0 saturated heterocycles. The van der Waals surface area contributed by atoms with Crippen molar-refractivity contribution >= 4 is 30.9 Å². The summed E-state index contributed by atoms with van der Waals surface area (Å²) in [6.45, 7) is 16.2. The normalized spacial score (nSPS) is 29.3. The Bertz CT molecular complexity index is 1380. The minimum atomic E-state index is -4.37. The highest BCUT2D eigenvalue weighted by Crippen LogP contribution is 2.62. The highest BCUT2D eigenvalue weighted by atomic mass is 127. The van der Waals surface area contributed by atoms with E-state index in [0.717, 1.165) is 61.8 Å². The third-order valence-electron chi connectivity index (χ3n) is 11.1. The van der Waals surface area contributed by atoms with Crippen LogP contribution in [0.5, 0.6) is 0 Å². The van der Waals surface area contributed by atoms with E-state index in [0.29, 0.717) is 5.92 Å². The van der Waals surface area contributed by atoms with Crippen molar-refractivity contribution < 1.29 is 22.3 Å². The number of benzene rings is 1. The summed E-state index contributed by atoms with van der Waals surface area (Å²) in [5, 5.41) is 0.0608. The van der Waals surface area contributed by atoms with E-state index in [4.69, 9.17) is 14.1 Å². The fraction of sp³-hybridized carbons (Fsp3) is 0.686. The molecule has 2 saturated carbocycles. The molecule has 2 aromatic rings. The molecule has 2 fully saturated rings. The molecule has 2 unspecified atom stereocenters. The van der Waals surface area contributed by atoms with E-state index in [1.165, 1.54) is 41.8 Å². The first-order valence-corrected chi connectivity index (χ1v) is 20.3. The first kappa shape index (κ1) is 32.0. The van der Waals surface area contributed by atoms with E-state index in [2.05, 4.69) is 70.3 Å². The number of pyridine rings is 1. The fourth-order valence-corrected chi connectivity index (χ4v) is 10.4. The van der Waals surface area contributed by atoms with Gasteiger partial charge in [0.1, 0.15) is 11.7 Å². The summed E-state index contributed by atoms with van der Waals surface area (Å²) in [6, 6.07) is 5.70. The molecule has 3 aliphatic carbocycles. The number of alkyl halides is 4. The number of fused-ring (bicyclic) bond motifs is 4. The molecule has 1 aliphatic heterocycles. The predicted octanol–water partition coefficient (Wildman–Crippen LogP) is 11.1. The van der Waals surface area contributed by atoms with Gasteiger partial charge in [-0.3, -0.25) is 4.98 Å². The molecule has 4 atom stereocenters. The lowest BCUT2D eigenvalue weighted by molar-refractivity contribution is -0.137. The zero-order valence-electron chi connectivity index (χ0n) is 26.8. The number of nitrogens with zero attached hydrogens (tertiary/aromatic N) is 1. The van der Waals surface area contributed by atoms with Gasteiger partial charge in [-0.2, -0.15) is 13.2 Å². The van der Waals surface area contributed by atoms with Crippen molar-refractivity contribution in [2.75, 3.05) is 0 Å². The molecule has 1 aromatic heterocycles. The molecule has 1 aromatic carbocycles. The average molecular weight is 726 g/mol. The SMILES string of the molecule is CC1(C)Cc2nc(C3CCCC3)c3c(c2[C@@H](O[Si](C)(C)C(C)(C)C)C1)C1(CCCC1I)O[C@@H]3c1ccc(C(F)(F)F)cc1. The van der Waals surface area contributed by atoms with Crippen LogP contribution in [-0.4, -0.2) is 17.2 Å². The van der Waals surface area contributed by atoms with Gasteiger partial charge in [-0.1, -0.05) is 82.2 Å². The van der Waals surface area contributed by atoms with Crippen LogP contribution in [-0.2, 0) is 27.4 Å². The van der Waals surface area contributed by atoms with Crippen LogP contribution in [0.1, 0.15) is 143 Å². The smallest absolute Gasteiger partial charge is 0.410 e. The van der Waals surface area contributed by atoms with Gasteiger partial charge in [-0.05, 0) is 86.2 Å². The number of ether oxygens (including phenoxy) is 1. The summed E-state index contributed by atoms with van der Waals surface area (Å²) in [5.41, 5.74) is 5.74. The lowest BCUT2D eigenvalue weighted by Gasteiger charge is -2.46. The summed E-state index contributed by atoms with van der Waals surface area (Å²) in [6.07, 6.45) is 4.59. The Hall–Kier alpha value is -0.973. The average Bonchev–Trinajstić information content (AvgIpc) is 3.62. The molecule has 0 radical (unpaired) electrons. The van der Waals surface area contributed by atoms with Crippen molar-refractivity contribution in [1.29, 1.82) is 0 Å². The van der Waals surface area contributed by atoms with Gasteiger partial charge in [-0.15, -0.1) is 0 Å². The Morgan fingerprint density at radius 3 is 2.19 bits per heavy atom. The van der Waals surface area contributed by atoms with Gasteiger partial charge >= 0.3 is 6.18 Å². The van der Waals surface area contributed by atoms with E-state index >= 15 is 0 Å². The molecule has 236 valence electrons. The second-order valence-electron chi connectivity index (χ2n) is 15.9. The van der Waals surface area contributed by atoms with Crippen LogP contribution in [0.3, 0.4) is 0 Å². The summed E-state index contributed by atoms with van der Waals surface area (Å²) >= 11 is 2.59. The quantitative estimate of drug-likeness (QED) is 0.179. The molecule has 6 rings (SSSR count). The molecule has 3 nitrogen and oxygen atoms in total. The number of aromatic nitrogens is 1. The first-order chi connectivity index (χ1) is 19.9. The Balaban J connectivity index is 1.61. The molecular formula is C35H47F3INO2Si. The summed E-state index contributed by atoms with van der Waals surface area (Å²) in [7, 11) is -2.15. The summed E-state index contributed by atoms with van der Waals surface area (Å²) in [4.78, 5) is 5.59. The van der Waals surface area contributed by atoms with Crippen molar-refractivity contribution in [1.82, 2.24) is 4.98 Å². The minimum Gasteiger partial charge on any atom is -0.410 e. The maximum absolute atomic E-state index is 13.6. The van der Waals surface area contributed by atoms with Crippen LogP contribution < -0.4 is 0 Å². The summed E-state index contributed by atoms with van der Waals surface area (Å²) in [5.74, 6) is 0.355. The Morgan fingerprint density at radius 1 is 0.977 bits per heavy atom. The van der Waals surface area contributed by atoms with Gasteiger partial charge < -0.3 is 9.16 Å². The van der Waals surface area contributed by atoms with Crippen molar-refractivity contribution in [3.63, 3.8) is 0 Å². The monoisotopic (exact) mass is 725 g/mol. The van der Waals surface area contributed by atoms with Crippen molar-refractivity contribution in [3.05, 3.63) is 63.5 Å². The van der Waals surface area contributed by atoms with Gasteiger partial charge in [0, 0.05) is 32.2 Å². The molecule has 0 amide bonds. The van der Waals surface area contributed by atoms with Gasteiger partial charge in [0.05, 0.1) is 17.4 Å². The van der Waals surface area contributed by atoms with Crippen molar-refractivity contribution in [2.45, 2.75) is 144 Å². The van der Waals surface area contributed by atoms with Crippen LogP contribution in [0, 0.1) is 5.41 Å². The van der Waals surface area contributed by atoms with E-state index in [9.17, 15) is 13.2 Å². The van der Waals surface area contributed by atoms with E-state index < -0.39 is 31.8 Å². The fourth-order valence-electron chi connectivity index (χ4n) is 7.92. The number of hydrogen-bond donors (Lipinski definition) is 0. The number of hydrogen-bond acceptors (Lipinski definition) is 3. The predicted molar refractivity (Wildman–Crippen MR) is 176 cm³/mol. The minimum absolute atomic E-state index is 0.0487. The zero-order chi connectivity index (χ0) is 31.2. The second-order valence-corrected chi connectivity index (χ2v) is 22.2. The third-order valence-corrected chi connectivity index (χ3v) is 17.3. The van der Waals surface area contributed by atoms with Crippen LogP contribution in [0.2, 0.25) is 18.1 Å². The second kappa shape index (κ2) is 10.8. The lowest BCUT2D eigenvalue weighted by Crippen LogP contribution is -2.44. The molecular weight excluding hydrogens is 678 g/mol. The van der Waals surface area contributed by atoms with Crippen molar-refractivity contribution in [3.8, 4) is 0 Å². The molecule has 2 heterocycles. The summed E-state index contributed by atoms with van der Waals surface area (Å²) < 4.78 is 55.6. The highest BCUT2D eigenvalue weighted by Gasteiger charge is 2.57. The first-order valence-electron chi connectivity index (χ1n) is 16.2. The molecule has 0 N–H and O–H groups in total. The number of rotatable bonds is 4. The lowest BCUT2D eigenvalue weighted by atomic mass is 9.70. The van der Waals surface area contributed by atoms with Crippen molar-refractivity contribution in [2.24, 2.45) is 5.41 Å². The number of halogens is 4. The largest absolute Gasteiger partial charge is 0.416 e. The Labute approximate surface area is 270 Å². The van der Waals surface area contributed by atoms with Gasteiger partial charge in [0.15, 0.2) is 8.32 Å². The molecule has 1 spiro atoms. The molecule has 43 heavy (non-hydrogen) atoms. The Kier molecular flexibility index (Phi) is 8.03. The van der Waals surface area contributed by atoms with E-state index in [1.807, 2.05) is 0 Å². The van der Waals surface area contributed by atoms with Gasteiger partial charge in [0.25, 0.3) is 0 Å². The molecule has 8 heteroatoms. The topological polar surface area (TPSA) is 31.4 Å².